The van der Waals surface area contributed by atoms with Gasteiger partial charge >= 0.3 is 5.97 Å². The Bertz CT molecular complexity index is 766. The van der Waals surface area contributed by atoms with E-state index in [1.54, 1.807) is 36.4 Å². The number of hydrogen-bond acceptors (Lipinski definition) is 4. The fourth-order valence-electron chi connectivity index (χ4n) is 1.74. The molecule has 0 amide bonds. The van der Waals surface area contributed by atoms with Crippen molar-refractivity contribution in [3.8, 4) is 0 Å². The van der Waals surface area contributed by atoms with Crippen LogP contribution < -0.4 is 0 Å². The summed E-state index contributed by atoms with van der Waals surface area (Å²) in [6, 6.07) is 13.1. The second-order valence-corrected chi connectivity index (χ2v) is 4.38. The van der Waals surface area contributed by atoms with Crippen LogP contribution in [0.25, 0.3) is 6.08 Å². The van der Waals surface area contributed by atoms with Crippen LogP contribution in [0, 0.1) is 10.1 Å². The van der Waals surface area contributed by atoms with Crippen molar-refractivity contribution in [3.63, 3.8) is 0 Å². The minimum absolute atomic E-state index is 0.00194. The lowest BCUT2D eigenvalue weighted by Gasteiger charge is -1.97. The lowest BCUT2D eigenvalue weighted by molar-refractivity contribution is -0.384. The minimum Gasteiger partial charge on any atom is -0.478 e. The van der Waals surface area contributed by atoms with E-state index in [-0.39, 0.29) is 5.69 Å². The Kier molecular flexibility index (Phi) is 4.77. The highest BCUT2D eigenvalue weighted by atomic mass is 16.6. The maximum absolute atomic E-state index is 10.7. The number of carboxylic acid groups (broad SMARTS) is 1. The number of hydrogen-bond donors (Lipinski definition) is 1. The van der Waals surface area contributed by atoms with Crippen LogP contribution in [0.3, 0.4) is 0 Å². The number of aliphatic imine (C=N–C) groups is 1. The second kappa shape index (κ2) is 6.94. The maximum atomic E-state index is 10.7. The number of carbonyl (C=O) groups is 1. The fraction of sp³-hybridized carbons (Fsp3) is 0. The molecule has 0 bridgehead atoms. The van der Waals surface area contributed by atoms with Gasteiger partial charge in [0.25, 0.3) is 5.69 Å². The first-order valence-corrected chi connectivity index (χ1v) is 6.34. The van der Waals surface area contributed by atoms with Gasteiger partial charge in [-0.2, -0.15) is 0 Å². The first kappa shape index (κ1) is 15.1. The zero-order valence-electron chi connectivity index (χ0n) is 11.4. The molecule has 0 unspecified atom stereocenters. The van der Waals surface area contributed by atoms with Crippen LogP contribution in [0.5, 0.6) is 0 Å². The van der Waals surface area contributed by atoms with Crippen LogP contribution in [-0.2, 0) is 4.79 Å². The van der Waals surface area contributed by atoms with Gasteiger partial charge in [0.2, 0.25) is 0 Å². The number of non-ortho nitro benzene ring substituents is 1. The van der Waals surface area contributed by atoms with Gasteiger partial charge in [0, 0.05) is 24.4 Å². The van der Waals surface area contributed by atoms with Crippen molar-refractivity contribution < 1.29 is 14.8 Å². The van der Waals surface area contributed by atoms with Gasteiger partial charge in [0.15, 0.2) is 0 Å². The summed E-state index contributed by atoms with van der Waals surface area (Å²) >= 11 is 0. The molecule has 0 saturated carbocycles. The van der Waals surface area contributed by atoms with E-state index >= 15 is 0 Å². The van der Waals surface area contributed by atoms with Gasteiger partial charge in [-0.3, -0.25) is 15.1 Å². The number of carboxylic acids is 1. The Hall–Kier alpha value is -3.28. The first-order chi connectivity index (χ1) is 10.5. The summed E-state index contributed by atoms with van der Waals surface area (Å²) < 4.78 is 0. The number of nitrogens with zero attached hydrogens (tertiary/aromatic N) is 2. The van der Waals surface area contributed by atoms with Crippen LogP contribution in [0.4, 0.5) is 11.4 Å². The highest BCUT2D eigenvalue weighted by Crippen LogP contribution is 2.16. The molecular formula is C16H12N2O4. The molecule has 0 spiro atoms. The van der Waals surface area contributed by atoms with Crippen molar-refractivity contribution in [2.75, 3.05) is 0 Å². The molecule has 110 valence electrons. The summed E-state index contributed by atoms with van der Waals surface area (Å²) in [4.78, 5) is 25.0. The predicted molar refractivity (Wildman–Crippen MR) is 83.5 cm³/mol. The smallest absolute Gasteiger partial charge is 0.328 e. The molecule has 2 aromatic rings. The summed E-state index contributed by atoms with van der Waals surface area (Å²) in [5.41, 5.74) is 1.94. The third-order valence-electron chi connectivity index (χ3n) is 2.73. The standard InChI is InChI=1S/C16H12N2O4/c19-16(20)8-7-12-3-1-5-14(9-12)17-11-13-4-2-6-15(10-13)18(21)22/h1-11H,(H,19,20)/b8-7+,17-11?. The predicted octanol–water partition coefficient (Wildman–Crippen LogP) is 3.44. The van der Waals surface area contributed by atoms with E-state index in [1.165, 1.54) is 24.4 Å². The first-order valence-electron chi connectivity index (χ1n) is 6.34. The van der Waals surface area contributed by atoms with Crippen LogP contribution in [0.2, 0.25) is 0 Å². The van der Waals surface area contributed by atoms with Crippen LogP contribution in [0.15, 0.2) is 59.6 Å². The molecule has 0 aliphatic rings. The van der Waals surface area contributed by atoms with Gasteiger partial charge in [-0.05, 0) is 29.3 Å². The topological polar surface area (TPSA) is 92.8 Å². The maximum Gasteiger partial charge on any atom is 0.328 e. The van der Waals surface area contributed by atoms with E-state index < -0.39 is 10.9 Å². The van der Waals surface area contributed by atoms with Crippen molar-refractivity contribution >= 4 is 29.6 Å². The van der Waals surface area contributed by atoms with E-state index in [2.05, 4.69) is 4.99 Å². The molecule has 2 rings (SSSR count). The van der Waals surface area contributed by atoms with Crippen molar-refractivity contribution in [1.29, 1.82) is 0 Å². The molecular weight excluding hydrogens is 284 g/mol. The third kappa shape index (κ3) is 4.38. The Morgan fingerprint density at radius 3 is 2.59 bits per heavy atom. The molecule has 0 aromatic heterocycles. The SMILES string of the molecule is O=C(O)/C=C/c1cccc(N=Cc2cccc([N+](=O)[O-])c2)c1. The number of rotatable bonds is 5. The number of nitro groups is 1. The van der Waals surface area contributed by atoms with Gasteiger partial charge in [-0.1, -0.05) is 24.3 Å². The average molecular weight is 296 g/mol. The number of benzene rings is 2. The molecule has 0 radical (unpaired) electrons. The van der Waals surface area contributed by atoms with Crippen molar-refractivity contribution in [1.82, 2.24) is 0 Å². The molecule has 6 nitrogen and oxygen atoms in total. The Morgan fingerprint density at radius 1 is 1.14 bits per heavy atom. The number of nitro benzene ring substituents is 1. The zero-order valence-corrected chi connectivity index (χ0v) is 11.4. The van der Waals surface area contributed by atoms with E-state index in [0.717, 1.165) is 6.08 Å². The summed E-state index contributed by atoms with van der Waals surface area (Å²) in [7, 11) is 0. The normalized spacial score (nSPS) is 11.1. The quantitative estimate of drug-likeness (QED) is 0.396. The molecule has 0 fully saturated rings. The monoisotopic (exact) mass is 296 g/mol. The molecule has 1 N–H and O–H groups in total. The molecule has 6 heteroatoms. The van der Waals surface area contributed by atoms with E-state index in [0.29, 0.717) is 16.8 Å². The lowest BCUT2D eigenvalue weighted by Crippen LogP contribution is -1.89. The third-order valence-corrected chi connectivity index (χ3v) is 2.73. The minimum atomic E-state index is -1.02. The van der Waals surface area contributed by atoms with Gasteiger partial charge in [0.05, 0.1) is 10.6 Å². The van der Waals surface area contributed by atoms with Crippen molar-refractivity contribution in [2.45, 2.75) is 0 Å². The molecule has 0 aliphatic carbocycles. The van der Waals surface area contributed by atoms with E-state index in [9.17, 15) is 14.9 Å². The molecule has 0 saturated heterocycles. The van der Waals surface area contributed by atoms with Gasteiger partial charge in [-0.15, -0.1) is 0 Å². The molecule has 22 heavy (non-hydrogen) atoms. The summed E-state index contributed by atoms with van der Waals surface area (Å²) in [6.07, 6.45) is 4.03. The summed E-state index contributed by atoms with van der Waals surface area (Å²) in [5.74, 6) is -1.02. The highest BCUT2D eigenvalue weighted by molar-refractivity contribution is 5.86. The molecule has 2 aromatic carbocycles. The Morgan fingerprint density at radius 2 is 1.86 bits per heavy atom. The highest BCUT2D eigenvalue weighted by Gasteiger charge is 2.03. The van der Waals surface area contributed by atoms with Gasteiger partial charge < -0.3 is 5.11 Å². The van der Waals surface area contributed by atoms with Crippen LogP contribution in [-0.4, -0.2) is 22.2 Å². The zero-order chi connectivity index (χ0) is 15.9. The second-order valence-electron chi connectivity index (χ2n) is 4.38. The molecule has 0 atom stereocenters. The van der Waals surface area contributed by atoms with Crippen molar-refractivity contribution in [3.05, 3.63) is 75.8 Å². The van der Waals surface area contributed by atoms with Gasteiger partial charge in [0.1, 0.15) is 0 Å². The summed E-state index contributed by atoms with van der Waals surface area (Å²) in [6.45, 7) is 0. The lowest BCUT2D eigenvalue weighted by atomic mass is 10.2. The van der Waals surface area contributed by atoms with Crippen molar-refractivity contribution in [2.24, 2.45) is 4.99 Å². The molecule has 0 aliphatic heterocycles. The molecule has 0 heterocycles. The number of aliphatic carboxylic acids is 1. The van der Waals surface area contributed by atoms with E-state index in [1.807, 2.05) is 0 Å². The van der Waals surface area contributed by atoms with Gasteiger partial charge in [-0.25, -0.2) is 4.79 Å². The Labute approximate surface area is 126 Å². The fourth-order valence-corrected chi connectivity index (χ4v) is 1.74. The van der Waals surface area contributed by atoms with E-state index in [4.69, 9.17) is 5.11 Å². The van der Waals surface area contributed by atoms with Crippen LogP contribution >= 0.6 is 0 Å². The Balaban J connectivity index is 2.19. The van der Waals surface area contributed by atoms with Crippen LogP contribution in [0.1, 0.15) is 11.1 Å². The largest absolute Gasteiger partial charge is 0.478 e. The average Bonchev–Trinajstić information content (AvgIpc) is 2.51. The summed E-state index contributed by atoms with van der Waals surface area (Å²) in [5, 5.41) is 19.3.